The summed E-state index contributed by atoms with van der Waals surface area (Å²) >= 11 is 1.10. The van der Waals surface area contributed by atoms with Crippen molar-refractivity contribution >= 4 is 31.1 Å². The number of hydrogen-bond acceptors (Lipinski definition) is 5. The quantitative estimate of drug-likeness (QED) is 0.813. The van der Waals surface area contributed by atoms with E-state index >= 15 is 0 Å². The van der Waals surface area contributed by atoms with Crippen molar-refractivity contribution in [3.63, 3.8) is 0 Å². The van der Waals surface area contributed by atoms with Gasteiger partial charge in [0, 0.05) is 15.6 Å². The molecule has 0 atom stereocenters. The van der Waals surface area contributed by atoms with E-state index in [1.54, 1.807) is 30.3 Å². The molecule has 0 aliphatic carbocycles. The van der Waals surface area contributed by atoms with Crippen LogP contribution < -0.4 is 4.74 Å². The normalized spacial score (nSPS) is 10.9. The average Bonchev–Trinajstić information content (AvgIpc) is 2.86. The third kappa shape index (κ3) is 3.47. The van der Waals surface area contributed by atoms with Crippen LogP contribution in [0.2, 0.25) is 0 Å². The molecule has 0 aliphatic rings. The number of nitriles is 1. The highest BCUT2D eigenvalue weighted by Gasteiger charge is 2.13. The molecule has 4 nitrogen and oxygen atoms in total. The molecule has 1 heterocycles. The van der Waals surface area contributed by atoms with Gasteiger partial charge in [0.2, 0.25) is 0 Å². The molecule has 0 N–H and O–H groups in total. The van der Waals surface area contributed by atoms with Gasteiger partial charge in [-0.05, 0) is 42.0 Å². The number of ether oxygens (including phenoxy) is 1. The van der Waals surface area contributed by atoms with Crippen molar-refractivity contribution in [2.24, 2.45) is 0 Å². The Morgan fingerprint density at radius 1 is 1.21 bits per heavy atom. The van der Waals surface area contributed by atoms with Gasteiger partial charge in [0.15, 0.2) is 6.61 Å². The summed E-state index contributed by atoms with van der Waals surface area (Å²) < 4.78 is 27.6. The molecule has 0 aliphatic heterocycles. The molecule has 0 fully saturated rings. The second-order valence-electron chi connectivity index (χ2n) is 3.53. The van der Waals surface area contributed by atoms with Crippen molar-refractivity contribution in [1.82, 2.24) is 0 Å². The predicted molar refractivity (Wildman–Crippen MR) is 73.9 cm³/mol. The molecular formula is C12H8ClNO3S2. The summed E-state index contributed by atoms with van der Waals surface area (Å²) in [4.78, 5) is 0.797. The molecule has 2 aromatic rings. The molecule has 0 saturated carbocycles. The van der Waals surface area contributed by atoms with Gasteiger partial charge in [-0.1, -0.05) is 0 Å². The van der Waals surface area contributed by atoms with Gasteiger partial charge < -0.3 is 4.74 Å². The molecule has 98 valence electrons. The Hall–Kier alpha value is -1.55. The lowest BCUT2D eigenvalue weighted by Gasteiger charge is -2.02. The largest absolute Gasteiger partial charge is 0.479 e. The maximum atomic E-state index is 11.2. The van der Waals surface area contributed by atoms with E-state index in [9.17, 15) is 8.42 Å². The average molecular weight is 314 g/mol. The van der Waals surface area contributed by atoms with Gasteiger partial charge in [0.1, 0.15) is 16.0 Å². The Balaban J connectivity index is 2.23. The van der Waals surface area contributed by atoms with Gasteiger partial charge in [-0.15, -0.1) is 11.3 Å². The minimum absolute atomic E-state index is 0.00696. The first-order chi connectivity index (χ1) is 9.00. The molecule has 1 aromatic carbocycles. The van der Waals surface area contributed by atoms with E-state index in [1.807, 2.05) is 6.07 Å². The van der Waals surface area contributed by atoms with Crippen LogP contribution in [0.5, 0.6) is 5.75 Å². The molecule has 0 spiro atoms. The van der Waals surface area contributed by atoms with Crippen molar-refractivity contribution in [2.75, 3.05) is 6.61 Å². The molecule has 7 heteroatoms. The van der Waals surface area contributed by atoms with E-state index in [1.165, 1.54) is 6.07 Å². The third-order valence-electron chi connectivity index (χ3n) is 2.26. The molecule has 2 rings (SSSR count). The Kier molecular flexibility index (Phi) is 4.10. The summed E-state index contributed by atoms with van der Waals surface area (Å²) in [6, 6.07) is 12.1. The van der Waals surface area contributed by atoms with Crippen molar-refractivity contribution in [2.45, 2.75) is 4.21 Å². The van der Waals surface area contributed by atoms with Crippen LogP contribution in [0.3, 0.4) is 0 Å². The van der Waals surface area contributed by atoms with Crippen LogP contribution in [-0.2, 0) is 9.05 Å². The monoisotopic (exact) mass is 313 g/mol. The maximum Gasteiger partial charge on any atom is 0.270 e. The first-order valence-electron chi connectivity index (χ1n) is 5.15. The Morgan fingerprint density at radius 3 is 2.42 bits per heavy atom. The topological polar surface area (TPSA) is 67.2 Å². The van der Waals surface area contributed by atoms with Crippen molar-refractivity contribution in [3.05, 3.63) is 36.4 Å². The summed E-state index contributed by atoms with van der Waals surface area (Å²) in [6.07, 6.45) is 0. The van der Waals surface area contributed by atoms with E-state index in [0.717, 1.165) is 21.8 Å². The maximum absolute atomic E-state index is 11.2. The lowest BCUT2D eigenvalue weighted by molar-refractivity contribution is 0.368. The van der Waals surface area contributed by atoms with Crippen LogP contribution in [-0.4, -0.2) is 15.0 Å². The van der Waals surface area contributed by atoms with Crippen LogP contribution in [0.15, 0.2) is 40.6 Å². The lowest BCUT2D eigenvalue weighted by atomic mass is 10.2. The van der Waals surface area contributed by atoms with Crippen LogP contribution in [0.25, 0.3) is 10.4 Å². The number of rotatable bonds is 4. The van der Waals surface area contributed by atoms with Gasteiger partial charge in [-0.2, -0.15) is 5.26 Å². The SMILES string of the molecule is N#CCOc1ccc(-c2ccc(S(=O)(=O)Cl)s2)cc1. The van der Waals surface area contributed by atoms with Gasteiger partial charge in [-0.25, -0.2) is 8.42 Å². The smallest absolute Gasteiger partial charge is 0.270 e. The van der Waals surface area contributed by atoms with E-state index in [-0.39, 0.29) is 10.8 Å². The molecule has 19 heavy (non-hydrogen) atoms. The first-order valence-corrected chi connectivity index (χ1v) is 8.28. The third-order valence-corrected chi connectivity index (χ3v) is 5.49. The van der Waals surface area contributed by atoms with Gasteiger partial charge in [-0.3, -0.25) is 0 Å². The predicted octanol–water partition coefficient (Wildman–Crippen LogP) is 3.24. The standard InChI is InChI=1S/C12H8ClNO3S2/c13-19(15,16)12-6-5-11(18-12)9-1-3-10(4-2-9)17-8-7-14/h1-6H,8H2. The summed E-state index contributed by atoms with van der Waals surface area (Å²) in [5, 5.41) is 8.40. The van der Waals surface area contributed by atoms with E-state index < -0.39 is 9.05 Å². The molecule has 0 amide bonds. The first kappa shape index (κ1) is 13.9. The molecule has 0 radical (unpaired) electrons. The lowest BCUT2D eigenvalue weighted by Crippen LogP contribution is -1.92. The highest BCUT2D eigenvalue weighted by atomic mass is 35.7. The number of halogens is 1. The highest BCUT2D eigenvalue weighted by Crippen LogP contribution is 2.33. The molecular weight excluding hydrogens is 306 g/mol. The summed E-state index contributed by atoms with van der Waals surface area (Å²) in [7, 11) is 1.59. The molecule has 0 unspecified atom stereocenters. The van der Waals surface area contributed by atoms with Crippen molar-refractivity contribution < 1.29 is 13.2 Å². The van der Waals surface area contributed by atoms with Crippen molar-refractivity contribution in [3.8, 4) is 22.3 Å². The van der Waals surface area contributed by atoms with Crippen LogP contribution in [0.1, 0.15) is 0 Å². The van der Waals surface area contributed by atoms with E-state index in [4.69, 9.17) is 20.7 Å². The second kappa shape index (κ2) is 5.61. The Morgan fingerprint density at radius 2 is 1.89 bits per heavy atom. The Bertz CT molecular complexity index is 714. The number of hydrogen-bond donors (Lipinski definition) is 0. The number of thiophene rings is 1. The second-order valence-corrected chi connectivity index (χ2v) is 7.40. The summed E-state index contributed by atoms with van der Waals surface area (Å²) in [5.74, 6) is 0.590. The zero-order valence-corrected chi connectivity index (χ0v) is 11.9. The summed E-state index contributed by atoms with van der Waals surface area (Å²) in [6.45, 7) is -0.00696. The molecule has 0 bridgehead atoms. The number of nitrogens with zero attached hydrogens (tertiary/aromatic N) is 1. The minimum Gasteiger partial charge on any atom is -0.479 e. The zero-order valence-electron chi connectivity index (χ0n) is 9.54. The van der Waals surface area contributed by atoms with Crippen LogP contribution >= 0.6 is 22.0 Å². The number of benzene rings is 1. The zero-order chi connectivity index (χ0) is 13.9. The summed E-state index contributed by atoms with van der Waals surface area (Å²) in [5.41, 5.74) is 0.862. The molecule has 0 saturated heterocycles. The van der Waals surface area contributed by atoms with Crippen LogP contribution in [0.4, 0.5) is 0 Å². The fourth-order valence-corrected chi connectivity index (χ4v) is 3.52. The van der Waals surface area contributed by atoms with Gasteiger partial charge >= 0.3 is 0 Å². The van der Waals surface area contributed by atoms with Gasteiger partial charge in [0.25, 0.3) is 9.05 Å². The van der Waals surface area contributed by atoms with Crippen LogP contribution in [0, 0.1) is 11.3 Å². The fourth-order valence-electron chi connectivity index (χ4n) is 1.44. The van der Waals surface area contributed by atoms with Crippen molar-refractivity contribution in [1.29, 1.82) is 5.26 Å². The van der Waals surface area contributed by atoms with E-state index in [0.29, 0.717) is 5.75 Å². The minimum atomic E-state index is -3.68. The van der Waals surface area contributed by atoms with E-state index in [2.05, 4.69) is 0 Å². The molecule has 1 aromatic heterocycles. The fraction of sp³-hybridized carbons (Fsp3) is 0.0833. The van der Waals surface area contributed by atoms with Gasteiger partial charge in [0.05, 0.1) is 0 Å². The Labute approximate surface area is 119 Å². The highest BCUT2D eigenvalue weighted by molar-refractivity contribution is 8.15.